The highest BCUT2D eigenvalue weighted by atomic mass is 35.5. The number of carbonyl (C=O) groups excluding carboxylic acids is 1. The molecule has 0 spiro atoms. The predicted octanol–water partition coefficient (Wildman–Crippen LogP) is 4.67. The highest BCUT2D eigenvalue weighted by molar-refractivity contribution is 6.74. The van der Waals surface area contributed by atoms with Crippen LogP contribution in [0, 0.1) is 0 Å². The molecule has 2 rings (SSSR count). The minimum atomic E-state index is -1.86. The average molecular weight is 407 g/mol. The first-order valence-corrected chi connectivity index (χ1v) is 11.9. The van der Waals surface area contributed by atoms with Crippen LogP contribution in [0.4, 0.5) is 17.1 Å². The summed E-state index contributed by atoms with van der Waals surface area (Å²) in [6.07, 6.45) is 1.47. The van der Waals surface area contributed by atoms with Gasteiger partial charge in [-0.3, -0.25) is 4.79 Å². The van der Waals surface area contributed by atoms with Crippen molar-refractivity contribution in [3.63, 3.8) is 0 Å². The molecule has 0 atom stereocenters. The first-order chi connectivity index (χ1) is 12.4. The number of aromatic nitrogens is 1. The molecule has 0 aliphatic heterocycles. The molecule has 1 aromatic carbocycles. The summed E-state index contributed by atoms with van der Waals surface area (Å²) in [6, 6.07) is 6.89. The van der Waals surface area contributed by atoms with Gasteiger partial charge in [0.25, 0.3) is 5.91 Å². The summed E-state index contributed by atoms with van der Waals surface area (Å²) in [5, 5.41) is 2.98. The molecule has 0 saturated carbocycles. The number of hydrogen-bond acceptors (Lipinski definition) is 5. The number of anilines is 3. The summed E-state index contributed by atoms with van der Waals surface area (Å²) < 4.78 is 6.20. The Bertz CT molecular complexity index is 850. The topological polar surface area (TPSA) is 103 Å². The number of hydrogen-bond donors (Lipinski definition) is 3. The molecule has 0 aliphatic carbocycles. The van der Waals surface area contributed by atoms with E-state index in [9.17, 15) is 4.79 Å². The first kappa shape index (κ1) is 21.2. The van der Waals surface area contributed by atoms with E-state index in [1.165, 1.54) is 6.20 Å². The van der Waals surface area contributed by atoms with Crippen molar-refractivity contribution in [3.05, 3.63) is 46.7 Å². The third kappa shape index (κ3) is 5.00. The van der Waals surface area contributed by atoms with Crippen LogP contribution < -0.4 is 16.8 Å². The molecular weight excluding hydrogens is 380 g/mol. The number of carbonyl (C=O) groups is 1. The Morgan fingerprint density at radius 2 is 1.93 bits per heavy atom. The van der Waals surface area contributed by atoms with Gasteiger partial charge in [0.15, 0.2) is 13.5 Å². The largest absolute Gasteiger partial charge is 0.413 e. The SMILES string of the molecule is CC(C)(C)[Si](C)(C)OCc1ccc(C(=O)Nc2ccnc(Cl)c2N)c(N)c1. The van der Waals surface area contributed by atoms with Crippen molar-refractivity contribution >= 4 is 42.9 Å². The molecule has 1 heterocycles. The number of nitrogens with zero attached hydrogens (tertiary/aromatic N) is 1. The van der Waals surface area contributed by atoms with Crippen molar-refractivity contribution in [1.29, 1.82) is 0 Å². The summed E-state index contributed by atoms with van der Waals surface area (Å²) in [5.74, 6) is -0.363. The van der Waals surface area contributed by atoms with Crippen LogP contribution in [-0.2, 0) is 11.0 Å². The fourth-order valence-electron chi connectivity index (χ4n) is 2.14. The van der Waals surface area contributed by atoms with Crippen molar-refractivity contribution in [3.8, 4) is 0 Å². The zero-order valence-electron chi connectivity index (χ0n) is 16.4. The van der Waals surface area contributed by atoms with Crippen LogP contribution in [0.5, 0.6) is 0 Å². The maximum Gasteiger partial charge on any atom is 0.257 e. The smallest absolute Gasteiger partial charge is 0.257 e. The molecule has 0 saturated heterocycles. The quantitative estimate of drug-likeness (QED) is 0.380. The van der Waals surface area contributed by atoms with Gasteiger partial charge in [-0.05, 0) is 41.9 Å². The van der Waals surface area contributed by atoms with Gasteiger partial charge in [-0.1, -0.05) is 38.4 Å². The van der Waals surface area contributed by atoms with Gasteiger partial charge < -0.3 is 21.2 Å². The molecule has 146 valence electrons. The lowest BCUT2D eigenvalue weighted by Gasteiger charge is -2.36. The zero-order valence-corrected chi connectivity index (χ0v) is 18.1. The van der Waals surface area contributed by atoms with E-state index in [1.54, 1.807) is 18.2 Å². The molecule has 5 N–H and O–H groups in total. The number of benzene rings is 1. The number of amides is 1. The zero-order chi connectivity index (χ0) is 20.4. The highest BCUT2D eigenvalue weighted by Gasteiger charge is 2.37. The van der Waals surface area contributed by atoms with Crippen LogP contribution in [0.2, 0.25) is 23.3 Å². The summed E-state index contributed by atoms with van der Waals surface area (Å²) in [4.78, 5) is 16.4. The molecule has 0 bridgehead atoms. The molecule has 0 fully saturated rings. The second kappa shape index (κ2) is 7.88. The van der Waals surface area contributed by atoms with E-state index < -0.39 is 8.32 Å². The van der Waals surface area contributed by atoms with E-state index in [4.69, 9.17) is 27.5 Å². The third-order valence-corrected chi connectivity index (χ3v) is 9.74. The van der Waals surface area contributed by atoms with Crippen molar-refractivity contribution < 1.29 is 9.22 Å². The van der Waals surface area contributed by atoms with E-state index in [0.717, 1.165) is 5.56 Å². The monoisotopic (exact) mass is 406 g/mol. The van der Waals surface area contributed by atoms with E-state index in [1.807, 2.05) is 6.07 Å². The number of nitrogen functional groups attached to an aromatic ring is 2. The van der Waals surface area contributed by atoms with Gasteiger partial charge in [0.1, 0.15) is 0 Å². The average Bonchev–Trinajstić information content (AvgIpc) is 2.56. The number of rotatable bonds is 5. The molecule has 0 radical (unpaired) electrons. The number of nitrogens with two attached hydrogens (primary N) is 2. The third-order valence-electron chi connectivity index (χ3n) is 4.96. The summed E-state index contributed by atoms with van der Waals surface area (Å²) in [7, 11) is -1.86. The van der Waals surface area contributed by atoms with Crippen molar-refractivity contribution in [2.75, 3.05) is 16.8 Å². The Hall–Kier alpha value is -2.09. The normalized spacial score (nSPS) is 12.1. The van der Waals surface area contributed by atoms with Gasteiger partial charge in [0.2, 0.25) is 0 Å². The molecule has 0 aliphatic rings. The molecule has 27 heavy (non-hydrogen) atoms. The Morgan fingerprint density at radius 3 is 2.52 bits per heavy atom. The number of nitrogens with one attached hydrogen (secondary N) is 1. The molecule has 1 amide bonds. The Morgan fingerprint density at radius 1 is 1.26 bits per heavy atom. The highest BCUT2D eigenvalue weighted by Crippen LogP contribution is 2.37. The van der Waals surface area contributed by atoms with Crippen LogP contribution in [0.1, 0.15) is 36.7 Å². The van der Waals surface area contributed by atoms with Crippen molar-refractivity contribution in [1.82, 2.24) is 4.98 Å². The van der Waals surface area contributed by atoms with Crippen LogP contribution in [-0.4, -0.2) is 19.2 Å². The van der Waals surface area contributed by atoms with Gasteiger partial charge in [-0.25, -0.2) is 4.98 Å². The van der Waals surface area contributed by atoms with Gasteiger partial charge in [0.05, 0.1) is 23.5 Å². The second-order valence-corrected chi connectivity index (χ2v) is 13.2. The van der Waals surface area contributed by atoms with E-state index >= 15 is 0 Å². The Balaban J connectivity index is 2.12. The summed E-state index contributed by atoms with van der Waals surface area (Å²) >= 11 is 5.88. The van der Waals surface area contributed by atoms with Gasteiger partial charge in [-0.2, -0.15) is 0 Å². The predicted molar refractivity (Wildman–Crippen MR) is 114 cm³/mol. The van der Waals surface area contributed by atoms with Crippen molar-refractivity contribution in [2.24, 2.45) is 0 Å². The lowest BCUT2D eigenvalue weighted by molar-refractivity contribution is 0.102. The minimum Gasteiger partial charge on any atom is -0.413 e. The number of halogens is 1. The minimum absolute atomic E-state index is 0.129. The lowest BCUT2D eigenvalue weighted by Crippen LogP contribution is -2.40. The molecule has 1 aromatic heterocycles. The van der Waals surface area contributed by atoms with Crippen molar-refractivity contribution in [2.45, 2.75) is 45.5 Å². The van der Waals surface area contributed by atoms with Crippen LogP contribution in [0.3, 0.4) is 0 Å². The fraction of sp³-hybridized carbons (Fsp3) is 0.368. The Kier molecular flexibility index (Phi) is 6.19. The van der Waals surface area contributed by atoms with Gasteiger partial charge in [0, 0.05) is 11.9 Å². The molecule has 2 aromatic rings. The van der Waals surface area contributed by atoms with Gasteiger partial charge >= 0.3 is 0 Å². The maximum atomic E-state index is 12.5. The number of pyridine rings is 1. The van der Waals surface area contributed by atoms with Crippen LogP contribution >= 0.6 is 11.6 Å². The maximum absolute atomic E-state index is 12.5. The second-order valence-electron chi connectivity index (χ2n) is 7.99. The molecule has 8 heteroatoms. The van der Waals surface area contributed by atoms with E-state index in [2.05, 4.69) is 44.2 Å². The first-order valence-electron chi connectivity index (χ1n) is 8.66. The van der Waals surface area contributed by atoms with Crippen LogP contribution in [0.15, 0.2) is 30.5 Å². The van der Waals surface area contributed by atoms with E-state index in [-0.39, 0.29) is 21.8 Å². The molecular formula is C19H27ClN4O2Si. The summed E-state index contributed by atoms with van der Waals surface area (Å²) in [5.41, 5.74) is 14.2. The van der Waals surface area contributed by atoms with Crippen LogP contribution in [0.25, 0.3) is 0 Å². The van der Waals surface area contributed by atoms with Gasteiger partial charge in [-0.15, -0.1) is 0 Å². The lowest BCUT2D eigenvalue weighted by atomic mass is 10.1. The summed E-state index contributed by atoms with van der Waals surface area (Å²) in [6.45, 7) is 11.4. The molecule has 6 nitrogen and oxygen atoms in total. The molecule has 0 unspecified atom stereocenters. The standard InChI is InChI=1S/C19H27ClN4O2Si/c1-19(2,3)27(4,5)26-11-12-6-7-13(14(21)10-12)18(25)24-15-8-9-23-17(20)16(15)22/h6-10H,11,21-22H2,1-5H3,(H,23,24,25). The fourth-order valence-corrected chi connectivity index (χ4v) is 3.25. The van der Waals surface area contributed by atoms with E-state index in [0.29, 0.717) is 23.5 Å². The Labute approximate surface area is 166 Å².